The SMILES string of the molecule is O=C(CC1(CC(=O)NCc2ccco2)CCCC1)NCc1ccco1. The van der Waals surface area contributed by atoms with Gasteiger partial charge in [0.25, 0.3) is 0 Å². The van der Waals surface area contributed by atoms with Gasteiger partial charge < -0.3 is 19.5 Å². The molecule has 134 valence electrons. The maximum absolute atomic E-state index is 12.3. The lowest BCUT2D eigenvalue weighted by Gasteiger charge is -2.27. The van der Waals surface area contributed by atoms with Crippen LogP contribution in [0.4, 0.5) is 0 Å². The fraction of sp³-hybridized carbons (Fsp3) is 0.474. The van der Waals surface area contributed by atoms with E-state index in [4.69, 9.17) is 8.83 Å². The van der Waals surface area contributed by atoms with E-state index in [2.05, 4.69) is 10.6 Å². The monoisotopic (exact) mass is 344 g/mol. The second kappa shape index (κ2) is 8.05. The Hall–Kier alpha value is -2.50. The molecule has 1 fully saturated rings. The van der Waals surface area contributed by atoms with Crippen LogP contribution >= 0.6 is 0 Å². The van der Waals surface area contributed by atoms with Crippen molar-refractivity contribution in [2.75, 3.05) is 0 Å². The normalized spacial score (nSPS) is 15.8. The first kappa shape index (κ1) is 17.3. The lowest BCUT2D eigenvalue weighted by Crippen LogP contribution is -2.35. The minimum absolute atomic E-state index is 0.0304. The molecule has 0 unspecified atom stereocenters. The zero-order valence-electron chi connectivity index (χ0n) is 14.3. The Balaban J connectivity index is 1.49. The highest BCUT2D eigenvalue weighted by atomic mass is 16.3. The van der Waals surface area contributed by atoms with Crippen LogP contribution in [0, 0.1) is 5.41 Å². The molecule has 0 radical (unpaired) electrons. The van der Waals surface area contributed by atoms with Crippen molar-refractivity contribution in [3.63, 3.8) is 0 Å². The lowest BCUT2D eigenvalue weighted by atomic mass is 9.79. The molecule has 2 aromatic heterocycles. The van der Waals surface area contributed by atoms with Gasteiger partial charge in [-0.25, -0.2) is 0 Å². The quantitative estimate of drug-likeness (QED) is 0.770. The topological polar surface area (TPSA) is 84.5 Å². The average molecular weight is 344 g/mol. The van der Waals surface area contributed by atoms with Crippen molar-refractivity contribution in [1.82, 2.24) is 10.6 Å². The van der Waals surface area contributed by atoms with Gasteiger partial charge in [0.2, 0.25) is 11.8 Å². The summed E-state index contributed by atoms with van der Waals surface area (Å²) in [6.45, 7) is 0.763. The van der Waals surface area contributed by atoms with E-state index >= 15 is 0 Å². The van der Waals surface area contributed by atoms with Gasteiger partial charge in [-0.15, -0.1) is 0 Å². The van der Waals surface area contributed by atoms with E-state index in [1.165, 1.54) is 0 Å². The van der Waals surface area contributed by atoms with E-state index in [0.29, 0.717) is 25.9 Å². The zero-order valence-corrected chi connectivity index (χ0v) is 14.3. The third kappa shape index (κ3) is 4.98. The predicted octanol–water partition coefficient (Wildman–Crippen LogP) is 3.15. The second-order valence-corrected chi connectivity index (χ2v) is 6.77. The first-order valence-electron chi connectivity index (χ1n) is 8.73. The molecule has 1 aliphatic rings. The van der Waals surface area contributed by atoms with Gasteiger partial charge in [0.05, 0.1) is 25.6 Å². The molecule has 0 bridgehead atoms. The number of rotatable bonds is 8. The van der Waals surface area contributed by atoms with Gasteiger partial charge >= 0.3 is 0 Å². The second-order valence-electron chi connectivity index (χ2n) is 6.77. The number of hydrogen-bond donors (Lipinski definition) is 2. The Kier molecular flexibility index (Phi) is 5.58. The van der Waals surface area contributed by atoms with E-state index in [-0.39, 0.29) is 17.2 Å². The highest BCUT2D eigenvalue weighted by molar-refractivity contribution is 5.80. The molecule has 6 nitrogen and oxygen atoms in total. The van der Waals surface area contributed by atoms with Gasteiger partial charge in [0, 0.05) is 12.8 Å². The molecular formula is C19H24N2O4. The van der Waals surface area contributed by atoms with Crippen molar-refractivity contribution in [3.05, 3.63) is 48.3 Å². The minimum atomic E-state index is -0.236. The summed E-state index contributed by atoms with van der Waals surface area (Å²) in [5.74, 6) is 1.39. The van der Waals surface area contributed by atoms with Crippen LogP contribution in [0.25, 0.3) is 0 Å². The van der Waals surface area contributed by atoms with Crippen molar-refractivity contribution in [3.8, 4) is 0 Å². The molecule has 0 aliphatic heterocycles. The highest BCUT2D eigenvalue weighted by Crippen LogP contribution is 2.44. The van der Waals surface area contributed by atoms with Gasteiger partial charge in [0.1, 0.15) is 11.5 Å². The minimum Gasteiger partial charge on any atom is -0.467 e. The van der Waals surface area contributed by atoms with E-state index in [1.807, 2.05) is 12.1 Å². The molecule has 1 aliphatic carbocycles. The average Bonchev–Trinajstić information content (AvgIpc) is 3.34. The maximum atomic E-state index is 12.3. The molecule has 0 atom stereocenters. The third-order valence-corrected chi connectivity index (χ3v) is 4.82. The summed E-state index contributed by atoms with van der Waals surface area (Å²) in [6, 6.07) is 7.24. The number of carbonyl (C=O) groups excluding carboxylic acids is 2. The predicted molar refractivity (Wildman–Crippen MR) is 91.2 cm³/mol. The van der Waals surface area contributed by atoms with Crippen molar-refractivity contribution < 1.29 is 18.4 Å². The van der Waals surface area contributed by atoms with Crippen LogP contribution < -0.4 is 10.6 Å². The fourth-order valence-corrected chi connectivity index (χ4v) is 3.54. The summed E-state index contributed by atoms with van der Waals surface area (Å²) in [5, 5.41) is 5.77. The molecule has 25 heavy (non-hydrogen) atoms. The number of nitrogens with one attached hydrogen (secondary N) is 2. The maximum Gasteiger partial charge on any atom is 0.220 e. The molecular weight excluding hydrogens is 320 g/mol. The number of furan rings is 2. The van der Waals surface area contributed by atoms with Crippen LogP contribution in [-0.2, 0) is 22.7 Å². The fourth-order valence-electron chi connectivity index (χ4n) is 3.54. The third-order valence-electron chi connectivity index (χ3n) is 4.82. The molecule has 2 amide bonds. The van der Waals surface area contributed by atoms with Crippen LogP contribution in [0.2, 0.25) is 0 Å². The van der Waals surface area contributed by atoms with Crippen LogP contribution in [0.15, 0.2) is 45.6 Å². The zero-order chi connectivity index (χ0) is 17.5. The van der Waals surface area contributed by atoms with E-state index < -0.39 is 0 Å². The van der Waals surface area contributed by atoms with Crippen LogP contribution in [0.5, 0.6) is 0 Å². The molecule has 2 N–H and O–H groups in total. The van der Waals surface area contributed by atoms with Gasteiger partial charge in [-0.05, 0) is 42.5 Å². The number of amides is 2. The molecule has 2 heterocycles. The lowest BCUT2D eigenvalue weighted by molar-refractivity contribution is -0.127. The molecule has 6 heteroatoms. The molecule has 3 rings (SSSR count). The first-order valence-corrected chi connectivity index (χ1v) is 8.73. The van der Waals surface area contributed by atoms with Gasteiger partial charge in [0.15, 0.2) is 0 Å². The molecule has 0 spiro atoms. The first-order chi connectivity index (χ1) is 12.2. The van der Waals surface area contributed by atoms with Crippen LogP contribution in [0.3, 0.4) is 0 Å². The van der Waals surface area contributed by atoms with Gasteiger partial charge in [-0.3, -0.25) is 9.59 Å². The summed E-state index contributed by atoms with van der Waals surface area (Å²) >= 11 is 0. The van der Waals surface area contributed by atoms with Crippen LogP contribution in [-0.4, -0.2) is 11.8 Å². The van der Waals surface area contributed by atoms with Gasteiger partial charge in [-0.1, -0.05) is 12.8 Å². The Bertz CT molecular complexity index is 616. The van der Waals surface area contributed by atoms with E-state index in [9.17, 15) is 9.59 Å². The number of hydrogen-bond acceptors (Lipinski definition) is 4. The van der Waals surface area contributed by atoms with Crippen molar-refractivity contribution in [1.29, 1.82) is 0 Å². The summed E-state index contributed by atoms with van der Waals surface area (Å²) < 4.78 is 10.4. The standard InChI is InChI=1S/C19H24N2O4/c22-17(20-13-15-5-3-9-24-15)11-19(7-1-2-8-19)12-18(23)21-14-16-6-4-10-25-16/h3-6,9-10H,1-2,7-8,11-14H2,(H,20,22)(H,21,23). The molecule has 0 saturated heterocycles. The summed E-state index contributed by atoms with van der Waals surface area (Å²) in [7, 11) is 0. The summed E-state index contributed by atoms with van der Waals surface area (Å²) in [5.41, 5.74) is -0.236. The van der Waals surface area contributed by atoms with Crippen molar-refractivity contribution >= 4 is 11.8 Å². The largest absolute Gasteiger partial charge is 0.467 e. The molecule has 2 aromatic rings. The Morgan fingerprint density at radius 2 is 1.36 bits per heavy atom. The summed E-state index contributed by atoms with van der Waals surface area (Å²) in [4.78, 5) is 24.7. The molecule has 0 aromatic carbocycles. The Morgan fingerprint density at radius 1 is 0.880 bits per heavy atom. The van der Waals surface area contributed by atoms with E-state index in [1.54, 1.807) is 24.7 Å². The van der Waals surface area contributed by atoms with E-state index in [0.717, 1.165) is 37.2 Å². The molecule has 1 saturated carbocycles. The highest BCUT2D eigenvalue weighted by Gasteiger charge is 2.37. The Morgan fingerprint density at radius 3 is 1.76 bits per heavy atom. The van der Waals surface area contributed by atoms with Crippen LogP contribution in [0.1, 0.15) is 50.0 Å². The number of carbonyl (C=O) groups is 2. The smallest absolute Gasteiger partial charge is 0.220 e. The van der Waals surface area contributed by atoms with Crippen molar-refractivity contribution in [2.45, 2.75) is 51.6 Å². The Labute approximate surface area is 147 Å². The summed E-state index contributed by atoms with van der Waals surface area (Å²) in [6.07, 6.45) is 7.88. The van der Waals surface area contributed by atoms with Crippen molar-refractivity contribution in [2.24, 2.45) is 5.41 Å². The van der Waals surface area contributed by atoms with Gasteiger partial charge in [-0.2, -0.15) is 0 Å².